The summed E-state index contributed by atoms with van der Waals surface area (Å²) in [5.74, 6) is -0.518. The Morgan fingerprint density at radius 2 is 1.67 bits per heavy atom. The van der Waals surface area contributed by atoms with Gasteiger partial charge < -0.3 is 10.2 Å². The molecular weight excluding hydrogens is 521 g/mol. The lowest BCUT2D eigenvalue weighted by Crippen LogP contribution is -2.49. The summed E-state index contributed by atoms with van der Waals surface area (Å²) in [6.45, 7) is 7.57. The summed E-state index contributed by atoms with van der Waals surface area (Å²) in [7, 11) is -3.61. The Morgan fingerprint density at radius 1 is 1.03 bits per heavy atom. The van der Waals surface area contributed by atoms with E-state index in [9.17, 15) is 18.0 Å². The van der Waals surface area contributed by atoms with Crippen molar-refractivity contribution in [2.45, 2.75) is 65.6 Å². The Morgan fingerprint density at radius 3 is 2.28 bits per heavy atom. The van der Waals surface area contributed by atoms with Crippen molar-refractivity contribution in [2.75, 3.05) is 17.1 Å². The van der Waals surface area contributed by atoms with Gasteiger partial charge in [0.25, 0.3) is 0 Å². The van der Waals surface area contributed by atoms with Crippen LogP contribution in [0.5, 0.6) is 0 Å². The predicted octanol–water partition coefficient (Wildman–Crippen LogP) is 5.18. The van der Waals surface area contributed by atoms with Gasteiger partial charge in [-0.1, -0.05) is 54.4 Å². The lowest BCUT2D eigenvalue weighted by atomic mass is 10.1. The normalized spacial score (nSPS) is 13.1. The molecule has 2 aromatic rings. The fourth-order valence-electron chi connectivity index (χ4n) is 3.71. The van der Waals surface area contributed by atoms with Crippen LogP contribution in [0, 0.1) is 6.92 Å². The molecule has 2 atom stereocenters. The standard InChI is InChI=1S/C26H35Cl2N3O4S/c1-6-18(2)29-26(33)20(4)30(17-21-11-7-8-12-23(21)28)25(32)15-10-16-31(36(5,34)35)24-14-9-13-22(27)19(24)3/h7-9,11-14,18,20H,6,10,15-17H2,1-5H3,(H,29,33)/t18-,20-/m0/s1. The molecule has 2 aromatic carbocycles. The van der Waals surface area contributed by atoms with E-state index in [1.165, 1.54) is 9.21 Å². The van der Waals surface area contributed by atoms with Crippen molar-refractivity contribution in [3.8, 4) is 0 Å². The minimum atomic E-state index is -3.61. The first-order chi connectivity index (χ1) is 16.9. The molecule has 0 saturated heterocycles. The van der Waals surface area contributed by atoms with Gasteiger partial charge in [0.15, 0.2) is 0 Å². The Labute approximate surface area is 224 Å². The number of rotatable bonds is 12. The fraction of sp³-hybridized carbons (Fsp3) is 0.462. The minimum absolute atomic E-state index is 0.0264. The second-order valence-corrected chi connectivity index (χ2v) is 11.7. The third kappa shape index (κ3) is 8.11. The highest BCUT2D eigenvalue weighted by molar-refractivity contribution is 7.92. The number of nitrogens with one attached hydrogen (secondary N) is 1. The van der Waals surface area contributed by atoms with Crippen molar-refractivity contribution in [3.63, 3.8) is 0 Å². The highest BCUT2D eigenvalue weighted by Gasteiger charge is 2.28. The number of hydrogen-bond acceptors (Lipinski definition) is 4. The summed E-state index contributed by atoms with van der Waals surface area (Å²) >= 11 is 12.5. The SMILES string of the molecule is CC[C@H](C)NC(=O)[C@H](C)N(Cc1ccccc1Cl)C(=O)CCCN(c1cccc(Cl)c1C)S(C)(=O)=O. The highest BCUT2D eigenvalue weighted by atomic mass is 35.5. The van der Waals surface area contributed by atoms with Crippen LogP contribution in [0.3, 0.4) is 0 Å². The number of benzene rings is 2. The van der Waals surface area contributed by atoms with E-state index in [1.54, 1.807) is 44.2 Å². The zero-order valence-electron chi connectivity index (χ0n) is 21.4. The largest absolute Gasteiger partial charge is 0.352 e. The lowest BCUT2D eigenvalue weighted by molar-refractivity contribution is -0.140. The van der Waals surface area contributed by atoms with Crippen LogP contribution in [0.4, 0.5) is 5.69 Å². The van der Waals surface area contributed by atoms with Crippen LogP contribution in [0.1, 0.15) is 51.2 Å². The van der Waals surface area contributed by atoms with Gasteiger partial charge in [0.2, 0.25) is 21.8 Å². The number of anilines is 1. The monoisotopic (exact) mass is 555 g/mol. The minimum Gasteiger partial charge on any atom is -0.352 e. The molecule has 0 saturated carbocycles. The number of halogens is 2. The van der Waals surface area contributed by atoms with Crippen molar-refractivity contribution in [3.05, 3.63) is 63.6 Å². The highest BCUT2D eigenvalue weighted by Crippen LogP contribution is 2.28. The molecule has 0 spiro atoms. The molecule has 2 amide bonds. The van der Waals surface area contributed by atoms with Crippen molar-refractivity contribution in [1.82, 2.24) is 10.2 Å². The van der Waals surface area contributed by atoms with E-state index in [4.69, 9.17) is 23.2 Å². The van der Waals surface area contributed by atoms with Gasteiger partial charge in [-0.25, -0.2) is 8.42 Å². The van der Waals surface area contributed by atoms with Crippen LogP contribution >= 0.6 is 23.2 Å². The molecule has 0 aromatic heterocycles. The Bertz CT molecular complexity index is 1170. The lowest BCUT2D eigenvalue weighted by Gasteiger charge is -2.30. The van der Waals surface area contributed by atoms with Gasteiger partial charge in [0.1, 0.15) is 6.04 Å². The topological polar surface area (TPSA) is 86.8 Å². The van der Waals surface area contributed by atoms with Gasteiger partial charge in [-0.2, -0.15) is 0 Å². The van der Waals surface area contributed by atoms with Crippen LogP contribution in [0.25, 0.3) is 0 Å². The van der Waals surface area contributed by atoms with Crippen molar-refractivity contribution >= 4 is 50.7 Å². The van der Waals surface area contributed by atoms with E-state index in [0.29, 0.717) is 21.3 Å². The summed E-state index contributed by atoms with van der Waals surface area (Å²) in [6, 6.07) is 11.5. The van der Waals surface area contributed by atoms with Gasteiger partial charge in [-0.15, -0.1) is 0 Å². The molecule has 10 heteroatoms. The Kier molecular flexibility index (Phi) is 11.1. The third-order valence-electron chi connectivity index (χ3n) is 6.13. The van der Waals surface area contributed by atoms with Gasteiger partial charge in [0, 0.05) is 35.6 Å². The zero-order chi connectivity index (χ0) is 27.0. The Hall–Kier alpha value is -2.29. The third-order valence-corrected chi connectivity index (χ3v) is 8.08. The molecule has 0 bridgehead atoms. The number of sulfonamides is 1. The Balaban J connectivity index is 2.22. The number of carbonyl (C=O) groups excluding carboxylic acids is 2. The fourth-order valence-corrected chi connectivity index (χ4v) is 5.09. The van der Waals surface area contributed by atoms with Crippen molar-refractivity contribution in [2.24, 2.45) is 0 Å². The van der Waals surface area contributed by atoms with E-state index in [2.05, 4.69) is 5.32 Å². The van der Waals surface area contributed by atoms with Crippen molar-refractivity contribution < 1.29 is 18.0 Å². The average molecular weight is 557 g/mol. The molecule has 0 fully saturated rings. The number of nitrogens with zero attached hydrogens (tertiary/aromatic N) is 2. The molecule has 0 aliphatic heterocycles. The second-order valence-electron chi connectivity index (χ2n) is 8.93. The van der Waals surface area contributed by atoms with E-state index in [0.717, 1.165) is 18.2 Å². The van der Waals surface area contributed by atoms with Crippen molar-refractivity contribution in [1.29, 1.82) is 0 Å². The maximum absolute atomic E-state index is 13.4. The number of carbonyl (C=O) groups is 2. The second kappa shape index (κ2) is 13.3. The van der Waals surface area contributed by atoms with E-state index in [1.807, 2.05) is 26.0 Å². The van der Waals surface area contributed by atoms with Crippen LogP contribution in [-0.2, 0) is 26.2 Å². The smallest absolute Gasteiger partial charge is 0.242 e. The zero-order valence-corrected chi connectivity index (χ0v) is 23.8. The molecule has 198 valence electrons. The van der Waals surface area contributed by atoms with Crippen LogP contribution in [0.15, 0.2) is 42.5 Å². The van der Waals surface area contributed by atoms with Gasteiger partial charge >= 0.3 is 0 Å². The van der Waals surface area contributed by atoms with Crippen LogP contribution < -0.4 is 9.62 Å². The van der Waals surface area contributed by atoms with E-state index >= 15 is 0 Å². The first-order valence-corrected chi connectivity index (χ1v) is 14.5. The molecule has 0 aliphatic carbocycles. The maximum atomic E-state index is 13.4. The molecule has 0 heterocycles. The summed E-state index contributed by atoms with van der Waals surface area (Å²) in [4.78, 5) is 27.7. The molecule has 0 aliphatic rings. The molecule has 2 rings (SSSR count). The number of amides is 2. The van der Waals surface area contributed by atoms with Crippen LogP contribution in [-0.4, -0.2) is 50.0 Å². The van der Waals surface area contributed by atoms with E-state index < -0.39 is 16.1 Å². The maximum Gasteiger partial charge on any atom is 0.242 e. The van der Waals surface area contributed by atoms with Crippen LogP contribution in [0.2, 0.25) is 10.0 Å². The predicted molar refractivity (Wildman–Crippen MR) is 147 cm³/mol. The molecular formula is C26H35Cl2N3O4S. The summed E-state index contributed by atoms with van der Waals surface area (Å²) < 4.78 is 26.3. The summed E-state index contributed by atoms with van der Waals surface area (Å²) in [6.07, 6.45) is 2.20. The average Bonchev–Trinajstić information content (AvgIpc) is 2.82. The first-order valence-electron chi connectivity index (χ1n) is 11.9. The van der Waals surface area contributed by atoms with Gasteiger partial charge in [0.05, 0.1) is 11.9 Å². The molecule has 0 radical (unpaired) electrons. The number of hydrogen-bond donors (Lipinski definition) is 1. The molecule has 7 nitrogen and oxygen atoms in total. The summed E-state index contributed by atoms with van der Waals surface area (Å²) in [5.41, 5.74) is 1.85. The van der Waals surface area contributed by atoms with E-state index in [-0.39, 0.29) is 43.8 Å². The molecule has 36 heavy (non-hydrogen) atoms. The van der Waals surface area contributed by atoms with Gasteiger partial charge in [-0.05, 0) is 62.9 Å². The van der Waals surface area contributed by atoms with Gasteiger partial charge in [-0.3, -0.25) is 13.9 Å². The molecule has 0 unspecified atom stereocenters. The summed E-state index contributed by atoms with van der Waals surface area (Å²) in [5, 5.41) is 3.89. The molecule has 1 N–H and O–H groups in total. The quantitative estimate of drug-likeness (QED) is 0.391. The first kappa shape index (κ1) is 29.9.